The Morgan fingerprint density at radius 1 is 1.10 bits per heavy atom. The second-order valence-electron chi connectivity index (χ2n) is 5.35. The molecular weight excluding hydrogens is 240 g/mol. The number of aryl methyl sites for hydroxylation is 1. The first-order valence-corrected chi connectivity index (χ1v) is 8.14. The fourth-order valence-electron chi connectivity index (χ4n) is 3.22. The summed E-state index contributed by atoms with van der Waals surface area (Å²) < 4.78 is 0. The third-order valence-electron chi connectivity index (χ3n) is 4.28. The summed E-state index contributed by atoms with van der Waals surface area (Å²) in [7, 11) is 0. The van der Waals surface area contributed by atoms with Gasteiger partial charge in [0, 0.05) is 0 Å². The molecule has 0 heteroatoms. The largest absolute Gasteiger partial charge is 0.103 e. The molecule has 0 spiro atoms. The normalized spacial score (nSPS) is 13.8. The molecule has 0 fully saturated rings. The van der Waals surface area contributed by atoms with E-state index in [0.717, 1.165) is 25.7 Å². The summed E-state index contributed by atoms with van der Waals surface area (Å²) in [6.07, 6.45) is 7.74. The molecule has 1 unspecified atom stereocenters. The molecule has 1 atom stereocenters. The summed E-state index contributed by atoms with van der Waals surface area (Å²) >= 11 is 0. The number of allylic oxidation sites excluding steroid dienone is 3. The highest BCUT2D eigenvalue weighted by atomic mass is 14.2. The van der Waals surface area contributed by atoms with Crippen LogP contribution in [0.1, 0.15) is 64.5 Å². The monoisotopic (exact) mass is 270 g/mol. The lowest BCUT2D eigenvalue weighted by atomic mass is 9.83. The van der Waals surface area contributed by atoms with Crippen LogP contribution in [0.4, 0.5) is 0 Å². The summed E-state index contributed by atoms with van der Waals surface area (Å²) in [4.78, 5) is 0. The Labute approximate surface area is 125 Å². The third-order valence-corrected chi connectivity index (χ3v) is 4.28. The molecule has 1 aromatic rings. The van der Waals surface area contributed by atoms with E-state index in [9.17, 15) is 0 Å². The topological polar surface area (TPSA) is 0 Å². The molecule has 0 amide bonds. The number of benzene rings is 1. The van der Waals surface area contributed by atoms with Crippen molar-refractivity contribution < 1.29 is 0 Å². The molecule has 0 saturated carbocycles. The van der Waals surface area contributed by atoms with Crippen LogP contribution in [0.25, 0.3) is 5.57 Å². The van der Waals surface area contributed by atoms with Crippen LogP contribution in [0.5, 0.6) is 0 Å². The van der Waals surface area contributed by atoms with Gasteiger partial charge in [-0.1, -0.05) is 63.6 Å². The fourth-order valence-corrected chi connectivity index (χ4v) is 3.22. The Morgan fingerprint density at radius 2 is 1.80 bits per heavy atom. The van der Waals surface area contributed by atoms with Crippen molar-refractivity contribution in [1.29, 1.82) is 0 Å². The number of hydrogen-bond donors (Lipinski definition) is 0. The van der Waals surface area contributed by atoms with Gasteiger partial charge >= 0.3 is 0 Å². The maximum atomic E-state index is 3.93. The highest BCUT2D eigenvalue weighted by Crippen LogP contribution is 2.34. The molecule has 20 heavy (non-hydrogen) atoms. The fraction of sp³-hybridized carbons (Fsp3) is 0.500. The van der Waals surface area contributed by atoms with Gasteiger partial charge in [-0.05, 0) is 54.7 Å². The van der Waals surface area contributed by atoms with Gasteiger partial charge in [-0.25, -0.2) is 0 Å². The van der Waals surface area contributed by atoms with E-state index >= 15 is 0 Å². The van der Waals surface area contributed by atoms with E-state index in [1.54, 1.807) is 11.1 Å². The van der Waals surface area contributed by atoms with Gasteiger partial charge in [0.25, 0.3) is 0 Å². The highest BCUT2D eigenvalue weighted by Gasteiger charge is 2.16. The van der Waals surface area contributed by atoms with Crippen molar-refractivity contribution in [3.8, 4) is 0 Å². The smallest absolute Gasteiger partial charge is 0.0165 e. The zero-order valence-corrected chi connectivity index (χ0v) is 13.7. The second-order valence-corrected chi connectivity index (χ2v) is 5.35. The van der Waals surface area contributed by atoms with E-state index in [4.69, 9.17) is 0 Å². The van der Waals surface area contributed by atoms with Crippen molar-refractivity contribution in [3.63, 3.8) is 0 Å². The van der Waals surface area contributed by atoms with E-state index in [1.165, 1.54) is 17.5 Å². The average molecular weight is 270 g/mol. The van der Waals surface area contributed by atoms with Crippen LogP contribution in [-0.2, 0) is 6.42 Å². The maximum absolute atomic E-state index is 3.93. The van der Waals surface area contributed by atoms with Crippen LogP contribution in [-0.4, -0.2) is 0 Å². The van der Waals surface area contributed by atoms with Crippen LogP contribution in [0.2, 0.25) is 0 Å². The average Bonchev–Trinajstić information content (AvgIpc) is 2.50. The van der Waals surface area contributed by atoms with Gasteiger partial charge in [-0.3, -0.25) is 0 Å². The summed E-state index contributed by atoms with van der Waals surface area (Å²) in [5.41, 5.74) is 6.15. The third kappa shape index (κ3) is 3.85. The Kier molecular flexibility index (Phi) is 7.36. The Hall–Kier alpha value is -1.30. The van der Waals surface area contributed by atoms with Crippen LogP contribution in [0, 0.1) is 5.92 Å². The van der Waals surface area contributed by atoms with E-state index < -0.39 is 0 Å². The molecule has 1 rings (SSSR count). The molecule has 0 radical (unpaired) electrons. The molecule has 1 aromatic carbocycles. The lowest BCUT2D eigenvalue weighted by Crippen LogP contribution is -2.06. The van der Waals surface area contributed by atoms with Gasteiger partial charge in [0.05, 0.1) is 0 Å². The summed E-state index contributed by atoms with van der Waals surface area (Å²) in [6, 6.07) is 8.90. The van der Waals surface area contributed by atoms with Gasteiger partial charge in [-0.2, -0.15) is 0 Å². The Bertz CT molecular complexity index is 451. The molecule has 110 valence electrons. The molecular formula is C20H30. The van der Waals surface area contributed by atoms with Crippen molar-refractivity contribution >= 4 is 5.57 Å². The predicted molar refractivity (Wildman–Crippen MR) is 91.9 cm³/mol. The Morgan fingerprint density at radius 3 is 2.30 bits per heavy atom. The lowest BCUT2D eigenvalue weighted by molar-refractivity contribution is 0.583. The summed E-state index contributed by atoms with van der Waals surface area (Å²) in [6.45, 7) is 13.1. The zero-order chi connectivity index (χ0) is 15.0. The van der Waals surface area contributed by atoms with Crippen molar-refractivity contribution in [3.05, 3.63) is 53.6 Å². The highest BCUT2D eigenvalue weighted by molar-refractivity contribution is 5.71. The van der Waals surface area contributed by atoms with Crippen LogP contribution in [0.15, 0.2) is 42.5 Å². The zero-order valence-electron chi connectivity index (χ0n) is 13.7. The van der Waals surface area contributed by atoms with Crippen molar-refractivity contribution in [2.75, 3.05) is 0 Å². The molecule has 0 heterocycles. The van der Waals surface area contributed by atoms with E-state index in [2.05, 4.69) is 64.6 Å². The minimum Gasteiger partial charge on any atom is -0.103 e. The van der Waals surface area contributed by atoms with E-state index in [-0.39, 0.29) is 0 Å². The molecule has 0 aromatic heterocycles. The van der Waals surface area contributed by atoms with Crippen molar-refractivity contribution in [2.24, 2.45) is 5.92 Å². The maximum Gasteiger partial charge on any atom is -0.0165 e. The molecule has 0 aliphatic heterocycles. The molecule has 0 N–H and O–H groups in total. The predicted octanol–water partition coefficient (Wildman–Crippen LogP) is 6.42. The molecule has 0 saturated heterocycles. The quantitative estimate of drug-likeness (QED) is 0.478. The second kappa shape index (κ2) is 8.79. The van der Waals surface area contributed by atoms with Gasteiger partial charge in [-0.15, -0.1) is 6.58 Å². The van der Waals surface area contributed by atoms with Crippen LogP contribution < -0.4 is 0 Å². The molecule has 0 aliphatic rings. The minimum atomic E-state index is 0.650. The van der Waals surface area contributed by atoms with Crippen molar-refractivity contribution in [2.45, 2.75) is 59.8 Å². The van der Waals surface area contributed by atoms with Gasteiger partial charge in [0.2, 0.25) is 0 Å². The molecule has 0 nitrogen and oxygen atoms in total. The van der Waals surface area contributed by atoms with E-state index in [1.807, 2.05) is 0 Å². The SMILES string of the molecule is C=CCC(CC)C(CC)=C(CC)c1ccccc1CC. The van der Waals surface area contributed by atoms with Crippen LogP contribution >= 0.6 is 0 Å². The standard InChI is InChI=1S/C20H30/c1-6-13-16(7-2)18(9-4)19(10-5)20-15-12-11-14-17(20)8-3/h6,11-12,14-16H,1,7-10,13H2,2-5H3. The van der Waals surface area contributed by atoms with Gasteiger partial charge < -0.3 is 0 Å². The van der Waals surface area contributed by atoms with E-state index in [0.29, 0.717) is 5.92 Å². The summed E-state index contributed by atoms with van der Waals surface area (Å²) in [5, 5.41) is 0. The Balaban J connectivity index is 3.37. The van der Waals surface area contributed by atoms with Gasteiger partial charge in [0.15, 0.2) is 0 Å². The first-order chi connectivity index (χ1) is 9.73. The minimum absolute atomic E-state index is 0.650. The van der Waals surface area contributed by atoms with Crippen LogP contribution in [0.3, 0.4) is 0 Å². The van der Waals surface area contributed by atoms with Crippen molar-refractivity contribution in [1.82, 2.24) is 0 Å². The first kappa shape index (κ1) is 16.8. The molecule has 0 bridgehead atoms. The summed E-state index contributed by atoms with van der Waals surface area (Å²) in [5.74, 6) is 0.650. The lowest BCUT2D eigenvalue weighted by Gasteiger charge is -2.23. The molecule has 0 aliphatic carbocycles. The number of rotatable bonds is 8. The number of hydrogen-bond acceptors (Lipinski definition) is 0. The van der Waals surface area contributed by atoms with Gasteiger partial charge in [0.1, 0.15) is 0 Å². The first-order valence-electron chi connectivity index (χ1n) is 8.14.